The Kier molecular flexibility index (Phi) is 3.62. The highest BCUT2D eigenvalue weighted by atomic mass is 127. The van der Waals surface area contributed by atoms with Gasteiger partial charge < -0.3 is 0 Å². The highest BCUT2D eigenvalue weighted by Gasteiger charge is 2.33. The molecule has 0 saturated heterocycles. The fraction of sp³-hybridized carbons (Fsp3) is 0.818. The van der Waals surface area contributed by atoms with Crippen LogP contribution in [0, 0.1) is 11.3 Å². The summed E-state index contributed by atoms with van der Waals surface area (Å²) in [6.07, 6.45) is 5.33. The first-order valence-corrected chi connectivity index (χ1v) is 6.34. The van der Waals surface area contributed by atoms with Gasteiger partial charge in [-0.15, -0.1) is 0 Å². The quantitative estimate of drug-likeness (QED) is 0.403. The lowest BCUT2D eigenvalue weighted by Gasteiger charge is -2.40. The Labute approximate surface area is 90.0 Å². The first kappa shape index (κ1) is 10.6. The summed E-state index contributed by atoms with van der Waals surface area (Å²) in [6.45, 7) is 9.00. The molecule has 0 radical (unpaired) electrons. The van der Waals surface area contributed by atoms with Gasteiger partial charge in [-0.1, -0.05) is 48.6 Å². The van der Waals surface area contributed by atoms with Crippen LogP contribution in [0.15, 0.2) is 12.2 Å². The van der Waals surface area contributed by atoms with Crippen LogP contribution in [-0.4, -0.2) is 4.43 Å². The van der Waals surface area contributed by atoms with Crippen LogP contribution in [0.2, 0.25) is 0 Å². The molecular formula is C11H19I. The lowest BCUT2D eigenvalue weighted by Crippen LogP contribution is -2.29. The van der Waals surface area contributed by atoms with E-state index in [2.05, 4.69) is 43.0 Å². The molecule has 0 aliphatic heterocycles. The van der Waals surface area contributed by atoms with Crippen molar-refractivity contribution >= 4 is 22.6 Å². The van der Waals surface area contributed by atoms with Gasteiger partial charge in [0.2, 0.25) is 0 Å². The smallest absolute Gasteiger partial charge is 0.000118 e. The zero-order chi connectivity index (χ0) is 9.19. The normalized spacial score (nSPS) is 28.9. The Morgan fingerprint density at radius 3 is 2.75 bits per heavy atom. The average molecular weight is 278 g/mol. The van der Waals surface area contributed by atoms with Crippen molar-refractivity contribution in [1.82, 2.24) is 0 Å². The predicted octanol–water partition coefficient (Wildman–Crippen LogP) is 4.19. The molecule has 0 spiro atoms. The van der Waals surface area contributed by atoms with Crippen molar-refractivity contribution in [1.29, 1.82) is 0 Å². The van der Waals surface area contributed by atoms with Gasteiger partial charge in [-0.05, 0) is 37.0 Å². The van der Waals surface area contributed by atoms with E-state index in [0.717, 1.165) is 5.92 Å². The van der Waals surface area contributed by atoms with E-state index < -0.39 is 0 Å². The number of halogens is 1. The predicted molar refractivity (Wildman–Crippen MR) is 63.8 cm³/mol. The summed E-state index contributed by atoms with van der Waals surface area (Å²) in [5.74, 6) is 0.781. The minimum absolute atomic E-state index is 0.514. The third kappa shape index (κ3) is 2.24. The van der Waals surface area contributed by atoms with Crippen molar-refractivity contribution in [2.45, 2.75) is 39.5 Å². The van der Waals surface area contributed by atoms with E-state index >= 15 is 0 Å². The minimum Gasteiger partial charge on any atom is -0.0996 e. The summed E-state index contributed by atoms with van der Waals surface area (Å²) < 4.78 is 1.27. The van der Waals surface area contributed by atoms with Gasteiger partial charge in [0.15, 0.2) is 0 Å². The second-order valence-corrected chi connectivity index (χ2v) is 5.61. The van der Waals surface area contributed by atoms with E-state index in [1.807, 2.05) is 0 Å². The van der Waals surface area contributed by atoms with E-state index in [1.54, 1.807) is 0 Å². The molecule has 0 nitrogen and oxygen atoms in total. The highest BCUT2D eigenvalue weighted by Crippen LogP contribution is 2.44. The maximum atomic E-state index is 4.21. The molecule has 0 aromatic heterocycles. The van der Waals surface area contributed by atoms with Crippen LogP contribution in [0.5, 0.6) is 0 Å². The van der Waals surface area contributed by atoms with Crippen LogP contribution >= 0.6 is 22.6 Å². The molecule has 1 saturated carbocycles. The van der Waals surface area contributed by atoms with Crippen molar-refractivity contribution < 1.29 is 0 Å². The molecule has 1 rings (SSSR count). The third-order valence-electron chi connectivity index (χ3n) is 3.15. The maximum absolute atomic E-state index is 4.21. The number of allylic oxidation sites excluding steroid dienone is 1. The molecule has 0 aromatic carbocycles. The van der Waals surface area contributed by atoms with E-state index in [-0.39, 0.29) is 0 Å². The molecule has 0 unspecified atom stereocenters. The van der Waals surface area contributed by atoms with Gasteiger partial charge in [-0.2, -0.15) is 0 Å². The molecule has 1 aliphatic rings. The zero-order valence-corrected chi connectivity index (χ0v) is 10.4. The fourth-order valence-electron chi connectivity index (χ4n) is 2.38. The van der Waals surface area contributed by atoms with Crippen LogP contribution in [0.4, 0.5) is 0 Å². The number of rotatable bonds is 2. The number of hydrogen-bond acceptors (Lipinski definition) is 0. The van der Waals surface area contributed by atoms with Crippen LogP contribution in [0.1, 0.15) is 39.5 Å². The monoisotopic (exact) mass is 278 g/mol. The van der Waals surface area contributed by atoms with Crippen molar-refractivity contribution in [3.8, 4) is 0 Å². The molecule has 0 heterocycles. The molecule has 0 amide bonds. The molecule has 1 aliphatic carbocycles. The first-order chi connectivity index (χ1) is 5.58. The van der Waals surface area contributed by atoms with Crippen LogP contribution < -0.4 is 0 Å². The topological polar surface area (TPSA) is 0 Å². The van der Waals surface area contributed by atoms with E-state index in [1.165, 1.54) is 35.7 Å². The first-order valence-electron chi connectivity index (χ1n) is 4.81. The van der Waals surface area contributed by atoms with Gasteiger partial charge in [0.25, 0.3) is 0 Å². The maximum Gasteiger partial charge on any atom is 0.000118 e. The van der Waals surface area contributed by atoms with Crippen LogP contribution in [-0.2, 0) is 0 Å². The van der Waals surface area contributed by atoms with E-state index in [4.69, 9.17) is 0 Å². The lowest BCUT2D eigenvalue weighted by atomic mass is 9.66. The third-order valence-corrected chi connectivity index (χ3v) is 3.78. The van der Waals surface area contributed by atoms with Gasteiger partial charge in [-0.25, -0.2) is 0 Å². The molecule has 0 aromatic rings. The summed E-state index contributed by atoms with van der Waals surface area (Å²) in [7, 11) is 0. The second kappa shape index (κ2) is 4.12. The molecule has 70 valence electrons. The molecule has 0 bridgehead atoms. The Morgan fingerprint density at radius 1 is 1.58 bits per heavy atom. The van der Waals surface area contributed by atoms with E-state index in [0.29, 0.717) is 5.41 Å². The number of alkyl halides is 1. The van der Waals surface area contributed by atoms with Crippen LogP contribution in [0.3, 0.4) is 0 Å². The summed E-state index contributed by atoms with van der Waals surface area (Å²) >= 11 is 2.48. The highest BCUT2D eigenvalue weighted by molar-refractivity contribution is 14.1. The Morgan fingerprint density at radius 2 is 2.25 bits per heavy atom. The van der Waals surface area contributed by atoms with Crippen LogP contribution in [0.25, 0.3) is 0 Å². The van der Waals surface area contributed by atoms with E-state index in [9.17, 15) is 0 Å². The van der Waals surface area contributed by atoms with Crippen molar-refractivity contribution in [2.24, 2.45) is 11.3 Å². The van der Waals surface area contributed by atoms with Crippen molar-refractivity contribution in [3.05, 3.63) is 12.2 Å². The van der Waals surface area contributed by atoms with Gasteiger partial charge >= 0.3 is 0 Å². The standard InChI is InChI=1S/C11H19I/c1-9-5-4-7-11(2,3)10(9)6-8-12/h10H,1,4-8H2,2-3H3/t10-/m1/s1. The van der Waals surface area contributed by atoms with Gasteiger partial charge in [0, 0.05) is 4.43 Å². The van der Waals surface area contributed by atoms with Gasteiger partial charge in [0.05, 0.1) is 0 Å². The summed E-state index contributed by atoms with van der Waals surface area (Å²) in [4.78, 5) is 0. The minimum atomic E-state index is 0.514. The van der Waals surface area contributed by atoms with Gasteiger partial charge in [0.1, 0.15) is 0 Å². The molecular weight excluding hydrogens is 259 g/mol. The molecule has 1 heteroatoms. The van der Waals surface area contributed by atoms with Gasteiger partial charge in [-0.3, -0.25) is 0 Å². The number of hydrogen-bond donors (Lipinski definition) is 0. The lowest BCUT2D eigenvalue weighted by molar-refractivity contribution is 0.187. The molecule has 1 atom stereocenters. The Bertz CT molecular complexity index is 170. The molecule has 0 N–H and O–H groups in total. The Hall–Kier alpha value is 0.470. The zero-order valence-electron chi connectivity index (χ0n) is 8.20. The fourth-order valence-corrected chi connectivity index (χ4v) is 3.00. The largest absolute Gasteiger partial charge is 0.0996 e. The summed E-state index contributed by atoms with van der Waals surface area (Å²) in [5.41, 5.74) is 2.02. The molecule has 1 fully saturated rings. The van der Waals surface area contributed by atoms with Crippen molar-refractivity contribution in [2.75, 3.05) is 4.43 Å². The summed E-state index contributed by atoms with van der Waals surface area (Å²) in [5, 5.41) is 0. The summed E-state index contributed by atoms with van der Waals surface area (Å²) in [6, 6.07) is 0. The SMILES string of the molecule is C=C1CCCC(C)(C)[C@@H]1CCI. The second-order valence-electron chi connectivity index (χ2n) is 4.53. The average Bonchev–Trinajstić information content (AvgIpc) is 1.97. The Balaban J connectivity index is 2.67. The molecule has 12 heavy (non-hydrogen) atoms. The van der Waals surface area contributed by atoms with Crippen molar-refractivity contribution in [3.63, 3.8) is 0 Å².